The zero-order chi connectivity index (χ0) is 25.1. The van der Waals surface area contributed by atoms with Crippen LogP contribution in [0.4, 0.5) is 0 Å². The minimum absolute atomic E-state index is 0.0712. The van der Waals surface area contributed by atoms with Crippen molar-refractivity contribution in [3.63, 3.8) is 0 Å². The molecular formula is C27H20Cl2N2O4. The number of furan rings is 1. The van der Waals surface area contributed by atoms with Gasteiger partial charge in [0.25, 0.3) is 11.8 Å². The van der Waals surface area contributed by atoms with Gasteiger partial charge in [-0.25, -0.2) is 0 Å². The summed E-state index contributed by atoms with van der Waals surface area (Å²) in [4.78, 5) is 27.3. The second-order valence-corrected chi connectivity index (χ2v) is 8.70. The lowest BCUT2D eigenvalue weighted by molar-refractivity contribution is -0.140. The van der Waals surface area contributed by atoms with E-state index in [2.05, 4.69) is 0 Å². The van der Waals surface area contributed by atoms with E-state index in [9.17, 15) is 14.9 Å². The average molecular weight is 507 g/mol. The standard InChI is InChI=1S/C27H20Cl2N2O4/c1-16-22(14-20-8-10-25(35-20)21-9-5-18(28)13-24(21)29)26(32)31(27(33)23(16)15-30)12-11-17-3-6-19(34-2)7-4-17/h3-10,13-14H,11-12H2,1-2H3/b22-14+. The summed E-state index contributed by atoms with van der Waals surface area (Å²) in [6, 6.07) is 17.8. The summed E-state index contributed by atoms with van der Waals surface area (Å²) >= 11 is 12.2. The number of hydrogen-bond donors (Lipinski definition) is 0. The molecule has 1 aliphatic heterocycles. The first-order valence-electron chi connectivity index (χ1n) is 10.7. The van der Waals surface area contributed by atoms with E-state index in [0.717, 1.165) is 10.5 Å². The Morgan fingerprint density at radius 2 is 1.80 bits per heavy atom. The van der Waals surface area contributed by atoms with Crippen molar-refractivity contribution < 1.29 is 18.7 Å². The van der Waals surface area contributed by atoms with Gasteiger partial charge in [0.1, 0.15) is 28.9 Å². The lowest BCUT2D eigenvalue weighted by Gasteiger charge is -2.27. The van der Waals surface area contributed by atoms with Crippen molar-refractivity contribution in [1.82, 2.24) is 4.90 Å². The fraction of sp³-hybridized carbons (Fsp3) is 0.148. The Bertz CT molecular complexity index is 1410. The predicted octanol–water partition coefficient (Wildman–Crippen LogP) is 6.10. The fourth-order valence-corrected chi connectivity index (χ4v) is 4.27. The van der Waals surface area contributed by atoms with Crippen LogP contribution in [0.1, 0.15) is 18.2 Å². The van der Waals surface area contributed by atoms with E-state index in [1.165, 1.54) is 6.08 Å². The fourth-order valence-electron chi connectivity index (χ4n) is 3.77. The molecule has 0 spiro atoms. The van der Waals surface area contributed by atoms with Crippen molar-refractivity contribution in [2.24, 2.45) is 0 Å². The van der Waals surface area contributed by atoms with Crippen LogP contribution < -0.4 is 4.74 Å². The molecule has 6 nitrogen and oxygen atoms in total. The lowest BCUT2D eigenvalue weighted by Crippen LogP contribution is -2.43. The van der Waals surface area contributed by atoms with Crippen molar-refractivity contribution in [2.75, 3.05) is 13.7 Å². The first-order valence-corrected chi connectivity index (χ1v) is 11.5. The van der Waals surface area contributed by atoms with Gasteiger partial charge >= 0.3 is 0 Å². The lowest BCUT2D eigenvalue weighted by atomic mass is 9.94. The topological polar surface area (TPSA) is 83.5 Å². The highest BCUT2D eigenvalue weighted by atomic mass is 35.5. The molecule has 2 aromatic carbocycles. The third-order valence-corrected chi connectivity index (χ3v) is 6.27. The molecule has 0 fully saturated rings. The number of nitrogens with zero attached hydrogens (tertiary/aromatic N) is 2. The van der Waals surface area contributed by atoms with Gasteiger partial charge in [0, 0.05) is 22.7 Å². The molecule has 8 heteroatoms. The van der Waals surface area contributed by atoms with Crippen LogP contribution in [0.3, 0.4) is 0 Å². The van der Waals surface area contributed by atoms with Gasteiger partial charge in [0.2, 0.25) is 0 Å². The Balaban J connectivity index is 1.63. The van der Waals surface area contributed by atoms with Crippen LogP contribution >= 0.6 is 23.2 Å². The molecule has 0 saturated heterocycles. The van der Waals surface area contributed by atoms with E-state index in [4.69, 9.17) is 32.4 Å². The van der Waals surface area contributed by atoms with Gasteiger partial charge < -0.3 is 9.15 Å². The number of imide groups is 1. The van der Waals surface area contributed by atoms with Gasteiger partial charge in [-0.2, -0.15) is 5.26 Å². The highest BCUT2D eigenvalue weighted by Crippen LogP contribution is 2.33. The third-order valence-electron chi connectivity index (χ3n) is 5.72. The number of hydrogen-bond acceptors (Lipinski definition) is 5. The Hall–Kier alpha value is -3.79. The molecule has 0 aliphatic carbocycles. The first-order chi connectivity index (χ1) is 16.8. The van der Waals surface area contributed by atoms with E-state index in [1.807, 2.05) is 30.3 Å². The van der Waals surface area contributed by atoms with Crippen LogP contribution in [0.15, 0.2) is 75.7 Å². The van der Waals surface area contributed by atoms with Crippen molar-refractivity contribution in [3.05, 3.63) is 92.7 Å². The number of ether oxygens (including phenoxy) is 1. The third kappa shape index (κ3) is 5.02. The van der Waals surface area contributed by atoms with Crippen molar-refractivity contribution in [3.8, 4) is 23.1 Å². The first kappa shape index (κ1) is 24.3. The summed E-state index contributed by atoms with van der Waals surface area (Å²) in [6.45, 7) is 1.71. The van der Waals surface area contributed by atoms with Crippen LogP contribution in [0.25, 0.3) is 17.4 Å². The molecule has 0 atom stereocenters. The number of nitriles is 1. The van der Waals surface area contributed by atoms with Crippen LogP contribution in [0, 0.1) is 11.3 Å². The van der Waals surface area contributed by atoms with E-state index in [0.29, 0.717) is 44.9 Å². The van der Waals surface area contributed by atoms with E-state index in [1.54, 1.807) is 44.4 Å². The smallest absolute Gasteiger partial charge is 0.271 e. The van der Waals surface area contributed by atoms with Crippen molar-refractivity contribution in [2.45, 2.75) is 13.3 Å². The molecule has 0 saturated carbocycles. The predicted molar refractivity (Wildman–Crippen MR) is 134 cm³/mol. The Labute approximate surface area is 212 Å². The largest absolute Gasteiger partial charge is 0.497 e. The molecule has 0 N–H and O–H groups in total. The Kier molecular flexibility index (Phi) is 7.11. The average Bonchev–Trinajstić information content (AvgIpc) is 3.30. The van der Waals surface area contributed by atoms with Gasteiger partial charge in [-0.05, 0) is 73.0 Å². The summed E-state index contributed by atoms with van der Waals surface area (Å²) < 4.78 is 11.1. The quantitative estimate of drug-likeness (QED) is 0.298. The molecule has 0 radical (unpaired) electrons. The van der Waals surface area contributed by atoms with Gasteiger partial charge in [0.05, 0.1) is 12.1 Å². The summed E-state index contributed by atoms with van der Waals surface area (Å²) in [6.07, 6.45) is 1.97. The number of carbonyl (C=O) groups is 2. The van der Waals surface area contributed by atoms with Crippen LogP contribution in [0.5, 0.6) is 5.75 Å². The molecule has 2 amide bonds. The van der Waals surface area contributed by atoms with Gasteiger partial charge in [0.15, 0.2) is 0 Å². The monoisotopic (exact) mass is 506 g/mol. The maximum Gasteiger partial charge on any atom is 0.271 e. The zero-order valence-electron chi connectivity index (χ0n) is 19.0. The van der Waals surface area contributed by atoms with Gasteiger partial charge in [-0.15, -0.1) is 0 Å². The molecule has 4 rings (SSSR count). The number of carbonyl (C=O) groups excluding carboxylic acids is 2. The number of rotatable bonds is 6. The molecular weight excluding hydrogens is 487 g/mol. The van der Waals surface area contributed by atoms with Crippen molar-refractivity contribution >= 4 is 41.1 Å². The normalized spacial score (nSPS) is 15.1. The minimum atomic E-state index is -0.603. The SMILES string of the molecule is COc1ccc(CCN2C(=O)C(C#N)=C(C)/C(=C\c3ccc(-c4ccc(Cl)cc4Cl)o3)C2=O)cc1. The second-order valence-electron chi connectivity index (χ2n) is 7.86. The molecule has 35 heavy (non-hydrogen) atoms. The summed E-state index contributed by atoms with van der Waals surface area (Å²) in [7, 11) is 1.58. The number of amides is 2. The summed E-state index contributed by atoms with van der Waals surface area (Å²) in [5.74, 6) is 0.509. The highest BCUT2D eigenvalue weighted by molar-refractivity contribution is 6.36. The van der Waals surface area contributed by atoms with E-state index < -0.39 is 11.8 Å². The molecule has 0 bridgehead atoms. The minimum Gasteiger partial charge on any atom is -0.497 e. The number of halogens is 2. The number of benzene rings is 2. The molecule has 176 valence electrons. The van der Waals surface area contributed by atoms with E-state index >= 15 is 0 Å². The van der Waals surface area contributed by atoms with Crippen LogP contribution in [0.2, 0.25) is 10.0 Å². The van der Waals surface area contributed by atoms with Gasteiger partial charge in [-0.1, -0.05) is 35.3 Å². The molecule has 0 unspecified atom stereocenters. The zero-order valence-corrected chi connectivity index (χ0v) is 20.5. The van der Waals surface area contributed by atoms with Crippen LogP contribution in [-0.4, -0.2) is 30.4 Å². The Morgan fingerprint density at radius 1 is 1.06 bits per heavy atom. The highest BCUT2D eigenvalue weighted by Gasteiger charge is 2.35. The summed E-state index contributed by atoms with van der Waals surface area (Å²) in [5, 5.41) is 10.5. The summed E-state index contributed by atoms with van der Waals surface area (Å²) in [5.41, 5.74) is 2.04. The molecule has 1 aliphatic rings. The van der Waals surface area contributed by atoms with Crippen LogP contribution in [-0.2, 0) is 16.0 Å². The Morgan fingerprint density at radius 3 is 2.46 bits per heavy atom. The number of methoxy groups -OCH3 is 1. The molecule has 2 heterocycles. The maximum atomic E-state index is 13.3. The molecule has 1 aromatic heterocycles. The van der Waals surface area contributed by atoms with Crippen molar-refractivity contribution in [1.29, 1.82) is 5.26 Å². The van der Waals surface area contributed by atoms with Gasteiger partial charge in [-0.3, -0.25) is 14.5 Å². The maximum absolute atomic E-state index is 13.3. The second kappa shape index (κ2) is 10.2. The molecule has 3 aromatic rings. The van der Waals surface area contributed by atoms with E-state index in [-0.39, 0.29) is 17.7 Å².